The van der Waals surface area contributed by atoms with Crippen molar-refractivity contribution in [2.45, 2.75) is 13.0 Å². The highest BCUT2D eigenvalue weighted by atomic mass is 127. The molecule has 5 nitrogen and oxygen atoms in total. The number of hydrogen-bond donors (Lipinski definition) is 3. The molecule has 0 amide bonds. The fraction of sp³-hybridized carbons (Fsp3) is 0.500. The molecule has 0 aromatic heterocycles. The van der Waals surface area contributed by atoms with E-state index in [0.717, 1.165) is 12.1 Å². The highest BCUT2D eigenvalue weighted by Gasteiger charge is 2.07. The predicted octanol–water partition coefficient (Wildman–Crippen LogP) is 2.19. The molecular weight excluding hydrogens is 405 g/mol. The van der Waals surface area contributed by atoms with Crippen molar-refractivity contribution < 1.29 is 9.84 Å². The van der Waals surface area contributed by atoms with E-state index in [9.17, 15) is 5.11 Å². The molecule has 0 radical (unpaired) electrons. The molecule has 7 heteroatoms. The normalized spacial score (nSPS) is 12.5. The summed E-state index contributed by atoms with van der Waals surface area (Å²) in [6, 6.07) is 7.11. The Hall–Kier alpha value is -0.570. The van der Waals surface area contributed by atoms with E-state index >= 15 is 0 Å². The Balaban J connectivity index is 0.00000400. The molecule has 0 spiro atoms. The van der Waals surface area contributed by atoms with Crippen molar-refractivity contribution in [2.24, 2.45) is 4.99 Å². The maximum Gasteiger partial charge on any atom is 0.191 e. The molecule has 21 heavy (non-hydrogen) atoms. The Bertz CT molecular complexity index is 415. The smallest absolute Gasteiger partial charge is 0.191 e. The summed E-state index contributed by atoms with van der Waals surface area (Å²) >= 11 is 5.82. The van der Waals surface area contributed by atoms with Crippen molar-refractivity contribution in [1.29, 1.82) is 0 Å². The van der Waals surface area contributed by atoms with Crippen LogP contribution in [0.15, 0.2) is 29.3 Å². The zero-order valence-corrected chi connectivity index (χ0v) is 15.4. The summed E-state index contributed by atoms with van der Waals surface area (Å²) in [5, 5.41) is 16.9. The van der Waals surface area contributed by atoms with Gasteiger partial charge in [-0.3, -0.25) is 4.99 Å². The Morgan fingerprint density at radius 2 is 2.00 bits per heavy atom. The van der Waals surface area contributed by atoms with Crippen LogP contribution < -0.4 is 10.6 Å². The molecular formula is C14H23ClIN3O2. The minimum absolute atomic E-state index is 0. The monoisotopic (exact) mass is 427 g/mol. The van der Waals surface area contributed by atoms with Crippen molar-refractivity contribution in [3.63, 3.8) is 0 Å². The number of methoxy groups -OCH3 is 1. The number of hydrogen-bond acceptors (Lipinski definition) is 3. The van der Waals surface area contributed by atoms with Gasteiger partial charge in [0, 0.05) is 25.2 Å². The molecule has 0 saturated carbocycles. The Labute approximate surface area is 148 Å². The summed E-state index contributed by atoms with van der Waals surface area (Å²) < 4.78 is 4.97. The third kappa shape index (κ3) is 8.45. The van der Waals surface area contributed by atoms with Gasteiger partial charge in [0.25, 0.3) is 0 Å². The molecule has 0 heterocycles. The average molecular weight is 428 g/mol. The van der Waals surface area contributed by atoms with Gasteiger partial charge < -0.3 is 20.5 Å². The van der Waals surface area contributed by atoms with Crippen LogP contribution in [0.2, 0.25) is 5.02 Å². The van der Waals surface area contributed by atoms with Crippen LogP contribution in [0.4, 0.5) is 0 Å². The first-order valence-electron chi connectivity index (χ1n) is 6.62. The molecule has 0 aliphatic rings. The van der Waals surface area contributed by atoms with E-state index in [0.29, 0.717) is 24.1 Å². The van der Waals surface area contributed by atoms with Crippen LogP contribution in [0.3, 0.4) is 0 Å². The van der Waals surface area contributed by atoms with Gasteiger partial charge in [-0.1, -0.05) is 23.7 Å². The van der Waals surface area contributed by atoms with E-state index in [-0.39, 0.29) is 30.5 Å². The van der Waals surface area contributed by atoms with E-state index < -0.39 is 6.10 Å². The lowest BCUT2D eigenvalue weighted by atomic mass is 10.1. The molecule has 0 aliphatic heterocycles. The number of nitrogens with zero attached hydrogens (tertiary/aromatic N) is 1. The molecule has 1 rings (SSSR count). The SMILES string of the molecule is CCNC(=NCC(O)c1ccc(Cl)cc1)NCCOC.I. The number of aliphatic imine (C=N–C) groups is 1. The number of ether oxygens (including phenoxy) is 1. The molecule has 0 fully saturated rings. The zero-order valence-electron chi connectivity index (χ0n) is 12.3. The van der Waals surface area contributed by atoms with E-state index in [4.69, 9.17) is 16.3 Å². The molecule has 1 atom stereocenters. The molecule has 0 aliphatic carbocycles. The van der Waals surface area contributed by atoms with Gasteiger partial charge in [0.2, 0.25) is 0 Å². The van der Waals surface area contributed by atoms with Crippen molar-refractivity contribution >= 4 is 41.5 Å². The minimum atomic E-state index is -0.648. The maximum absolute atomic E-state index is 10.1. The van der Waals surface area contributed by atoms with Crippen molar-refractivity contribution in [3.05, 3.63) is 34.9 Å². The maximum atomic E-state index is 10.1. The number of aliphatic hydroxyl groups is 1. The van der Waals surface area contributed by atoms with E-state index in [1.165, 1.54) is 0 Å². The van der Waals surface area contributed by atoms with Crippen LogP contribution in [0.25, 0.3) is 0 Å². The first kappa shape index (κ1) is 20.4. The topological polar surface area (TPSA) is 65.9 Å². The molecule has 1 aromatic carbocycles. The van der Waals surface area contributed by atoms with Crippen molar-refractivity contribution in [3.8, 4) is 0 Å². The first-order chi connectivity index (χ1) is 9.67. The van der Waals surface area contributed by atoms with Crippen LogP contribution in [-0.4, -0.2) is 44.4 Å². The van der Waals surface area contributed by atoms with Gasteiger partial charge in [-0.05, 0) is 24.6 Å². The second-order valence-electron chi connectivity index (χ2n) is 4.21. The second-order valence-corrected chi connectivity index (χ2v) is 4.64. The zero-order chi connectivity index (χ0) is 14.8. The molecule has 0 saturated heterocycles. The molecule has 3 N–H and O–H groups in total. The fourth-order valence-corrected chi connectivity index (χ4v) is 1.71. The van der Waals surface area contributed by atoms with Gasteiger partial charge >= 0.3 is 0 Å². The van der Waals surface area contributed by atoms with Gasteiger partial charge in [0.05, 0.1) is 19.3 Å². The first-order valence-corrected chi connectivity index (χ1v) is 6.99. The average Bonchev–Trinajstić information content (AvgIpc) is 2.45. The Morgan fingerprint density at radius 3 is 2.57 bits per heavy atom. The summed E-state index contributed by atoms with van der Waals surface area (Å²) in [6.45, 7) is 4.30. The van der Waals surface area contributed by atoms with Crippen LogP contribution in [-0.2, 0) is 4.74 Å². The summed E-state index contributed by atoms with van der Waals surface area (Å²) in [6.07, 6.45) is -0.648. The fourth-order valence-electron chi connectivity index (χ4n) is 1.58. The predicted molar refractivity (Wildman–Crippen MR) is 97.7 cm³/mol. The molecule has 0 bridgehead atoms. The molecule has 1 unspecified atom stereocenters. The van der Waals surface area contributed by atoms with Gasteiger partial charge in [0.15, 0.2) is 5.96 Å². The summed E-state index contributed by atoms with van der Waals surface area (Å²) in [5.74, 6) is 0.664. The van der Waals surface area contributed by atoms with Gasteiger partial charge in [-0.25, -0.2) is 0 Å². The number of rotatable bonds is 7. The largest absolute Gasteiger partial charge is 0.386 e. The number of halogens is 2. The van der Waals surface area contributed by atoms with E-state index in [1.54, 1.807) is 31.4 Å². The molecule has 1 aromatic rings. The number of guanidine groups is 1. The highest BCUT2D eigenvalue weighted by Crippen LogP contribution is 2.16. The third-order valence-electron chi connectivity index (χ3n) is 2.62. The van der Waals surface area contributed by atoms with Crippen LogP contribution >= 0.6 is 35.6 Å². The third-order valence-corrected chi connectivity index (χ3v) is 2.87. The van der Waals surface area contributed by atoms with E-state index in [1.807, 2.05) is 6.92 Å². The van der Waals surface area contributed by atoms with E-state index in [2.05, 4.69) is 15.6 Å². The molecule has 120 valence electrons. The Morgan fingerprint density at radius 1 is 1.33 bits per heavy atom. The second kappa shape index (κ2) is 12.0. The number of nitrogens with one attached hydrogen (secondary N) is 2. The van der Waals surface area contributed by atoms with Crippen LogP contribution in [0.5, 0.6) is 0 Å². The summed E-state index contributed by atoms with van der Waals surface area (Å²) in [5.41, 5.74) is 0.797. The minimum Gasteiger partial charge on any atom is -0.386 e. The Kier molecular flexibility index (Phi) is 11.7. The summed E-state index contributed by atoms with van der Waals surface area (Å²) in [7, 11) is 1.65. The summed E-state index contributed by atoms with van der Waals surface area (Å²) in [4.78, 5) is 4.34. The standard InChI is InChI=1S/C14H22ClN3O2.HI/c1-3-16-14(17-8-9-20-2)18-10-13(19)11-4-6-12(15)7-5-11;/h4-7,13,19H,3,8-10H2,1-2H3,(H2,16,17,18);1H. The quantitative estimate of drug-likeness (QED) is 0.270. The van der Waals surface area contributed by atoms with Gasteiger partial charge in [-0.2, -0.15) is 0 Å². The van der Waals surface area contributed by atoms with Crippen LogP contribution in [0.1, 0.15) is 18.6 Å². The van der Waals surface area contributed by atoms with Crippen LogP contribution in [0, 0.1) is 0 Å². The van der Waals surface area contributed by atoms with Crippen molar-refractivity contribution in [1.82, 2.24) is 10.6 Å². The number of aliphatic hydroxyl groups excluding tert-OH is 1. The highest BCUT2D eigenvalue weighted by molar-refractivity contribution is 14.0. The lowest BCUT2D eigenvalue weighted by Gasteiger charge is -2.13. The lowest BCUT2D eigenvalue weighted by Crippen LogP contribution is -2.39. The van der Waals surface area contributed by atoms with Crippen molar-refractivity contribution in [2.75, 3.05) is 33.4 Å². The van der Waals surface area contributed by atoms with Gasteiger partial charge in [0.1, 0.15) is 0 Å². The number of benzene rings is 1. The lowest BCUT2D eigenvalue weighted by molar-refractivity contribution is 0.187. The van der Waals surface area contributed by atoms with Gasteiger partial charge in [-0.15, -0.1) is 24.0 Å².